The summed E-state index contributed by atoms with van der Waals surface area (Å²) in [5.41, 5.74) is 4.21. The number of carbonyl (C=O) groups is 4. The van der Waals surface area contributed by atoms with Crippen molar-refractivity contribution in [1.29, 1.82) is 0 Å². The summed E-state index contributed by atoms with van der Waals surface area (Å²) in [5.74, 6) is -2.21. The number of nitrogens with one attached hydrogen (secondary N) is 1. The predicted molar refractivity (Wildman–Crippen MR) is 174 cm³/mol. The first-order chi connectivity index (χ1) is 23.2. The van der Waals surface area contributed by atoms with Gasteiger partial charge in [-0.25, -0.2) is 9.79 Å². The van der Waals surface area contributed by atoms with Crippen LogP contribution in [0.25, 0.3) is 0 Å². The fraction of sp³-hybridized carbons (Fsp3) is 0.581. The Kier molecular flexibility index (Phi) is 14.3. The molecule has 0 spiro atoms. The number of oxime groups is 1. The molecule has 49 heavy (non-hydrogen) atoms. The molecule has 2 aliphatic rings. The number of ether oxygens (including phenoxy) is 5. The Hall–Kier alpha value is -4.26. The number of amides is 1. The first kappa shape index (κ1) is 39.2. The second-order valence-electron chi connectivity index (χ2n) is 11.2. The number of carbonyl (C=O) groups excluding carboxylic acids is 4. The van der Waals surface area contributed by atoms with E-state index in [0.717, 1.165) is 25.6 Å². The molecule has 0 saturated carbocycles. The van der Waals surface area contributed by atoms with Gasteiger partial charge in [-0.3, -0.25) is 24.9 Å². The number of thioether (sulfide) groups is 1. The van der Waals surface area contributed by atoms with Crippen LogP contribution in [0.4, 0.5) is 0 Å². The largest absolute Gasteiger partial charge is 0.489 e. The van der Waals surface area contributed by atoms with Gasteiger partial charge in [0.1, 0.15) is 35.0 Å². The highest BCUT2D eigenvalue weighted by molar-refractivity contribution is 8.16. The molecule has 270 valence electrons. The summed E-state index contributed by atoms with van der Waals surface area (Å²) in [6.45, 7) is 10.5. The maximum Gasteiger partial charge on any atom is 0.339 e. The molecule has 1 amide bonds. The van der Waals surface area contributed by atoms with E-state index in [4.69, 9.17) is 38.7 Å². The van der Waals surface area contributed by atoms with Crippen LogP contribution in [-0.4, -0.2) is 95.0 Å². The molecular formula is C31H42N4O13S. The minimum atomic E-state index is -1.72. The summed E-state index contributed by atoms with van der Waals surface area (Å²) < 4.78 is 32.2. The minimum absolute atomic E-state index is 0.00743. The smallest absolute Gasteiger partial charge is 0.339 e. The highest BCUT2D eigenvalue weighted by Crippen LogP contribution is 2.31. The van der Waals surface area contributed by atoms with Crippen LogP contribution in [0, 0.1) is 0 Å². The number of aliphatic hydroxyl groups is 1. The van der Waals surface area contributed by atoms with Gasteiger partial charge < -0.3 is 43.4 Å². The highest BCUT2D eigenvalue weighted by Gasteiger charge is 2.51. The standard InChI is InChI=1S/C31H42N4O13S/c1-7-9-21(23-13-20(43-11-8-2)14-24(39)46-23)33-30(41)31(32)15-49-28(34-31)16(3)35-48-29-25(40)27(45-19(6)38)26(44-18(5)37)22(47-29)10-12-42-17(4)36/h8,13-14,21-22,25-27,29,40H,2,7,9-12,15,32H2,1,3-6H3,(H,33,41)/b35-16+/t21-,22-,25-,26-,27-,29-,31+/m1/s1. The molecular weight excluding hydrogens is 668 g/mol. The molecule has 4 N–H and O–H groups in total. The molecule has 17 nitrogen and oxygen atoms in total. The van der Waals surface area contributed by atoms with Gasteiger partial charge in [0.15, 0.2) is 24.0 Å². The highest BCUT2D eigenvalue weighted by atomic mass is 32.2. The molecule has 1 aromatic rings. The van der Waals surface area contributed by atoms with Crippen LogP contribution in [0.1, 0.15) is 65.7 Å². The maximum absolute atomic E-state index is 13.4. The molecule has 0 unspecified atom stereocenters. The van der Waals surface area contributed by atoms with E-state index in [2.05, 4.69) is 22.0 Å². The van der Waals surface area contributed by atoms with Gasteiger partial charge in [-0.1, -0.05) is 31.2 Å². The van der Waals surface area contributed by atoms with Gasteiger partial charge in [0.25, 0.3) is 12.2 Å². The zero-order valence-electron chi connectivity index (χ0n) is 27.9. The van der Waals surface area contributed by atoms with Crippen LogP contribution in [0.5, 0.6) is 5.75 Å². The normalized spacial score (nSPS) is 25.7. The van der Waals surface area contributed by atoms with Gasteiger partial charge in [0, 0.05) is 39.0 Å². The average Bonchev–Trinajstić information content (AvgIpc) is 3.44. The fourth-order valence-corrected chi connectivity index (χ4v) is 5.85. The van der Waals surface area contributed by atoms with Gasteiger partial charge in [-0.2, -0.15) is 0 Å². The van der Waals surface area contributed by atoms with E-state index >= 15 is 0 Å². The second-order valence-corrected chi connectivity index (χ2v) is 12.1. The second kappa shape index (κ2) is 17.9. The van der Waals surface area contributed by atoms with Crippen molar-refractivity contribution < 1.29 is 57.2 Å². The molecule has 3 rings (SSSR count). The lowest BCUT2D eigenvalue weighted by molar-refractivity contribution is -0.303. The number of aliphatic imine (C=N–C) groups is 1. The number of aliphatic hydroxyl groups excluding tert-OH is 1. The minimum Gasteiger partial charge on any atom is -0.489 e. The monoisotopic (exact) mass is 710 g/mol. The van der Waals surface area contributed by atoms with E-state index in [1.165, 1.54) is 32.1 Å². The van der Waals surface area contributed by atoms with Crippen LogP contribution in [0.15, 0.2) is 44.1 Å². The maximum atomic E-state index is 13.4. The van der Waals surface area contributed by atoms with E-state index in [-0.39, 0.29) is 47.7 Å². The summed E-state index contributed by atoms with van der Waals surface area (Å²) in [6, 6.07) is 2.00. The lowest BCUT2D eigenvalue weighted by Gasteiger charge is -2.42. The third-order valence-electron chi connectivity index (χ3n) is 7.01. The number of hydrogen-bond acceptors (Lipinski definition) is 17. The Morgan fingerprint density at radius 2 is 1.88 bits per heavy atom. The Labute approximate surface area is 286 Å². The molecule has 0 radical (unpaired) electrons. The molecule has 0 bridgehead atoms. The lowest BCUT2D eigenvalue weighted by atomic mass is 9.96. The summed E-state index contributed by atoms with van der Waals surface area (Å²) in [5, 5.41) is 18.1. The number of hydrogen-bond donors (Lipinski definition) is 3. The number of nitrogens with zero attached hydrogens (tertiary/aromatic N) is 2. The molecule has 0 aromatic carbocycles. The lowest BCUT2D eigenvalue weighted by Crippen LogP contribution is -2.60. The number of rotatable bonds is 16. The van der Waals surface area contributed by atoms with E-state index < -0.39 is 71.9 Å². The summed E-state index contributed by atoms with van der Waals surface area (Å²) >= 11 is 1.13. The van der Waals surface area contributed by atoms with Crippen molar-refractivity contribution in [2.24, 2.45) is 15.9 Å². The Bertz CT molecular complexity index is 1500. The molecule has 18 heteroatoms. The number of esters is 3. The van der Waals surface area contributed by atoms with Crippen molar-refractivity contribution in [1.82, 2.24) is 5.32 Å². The number of nitrogens with two attached hydrogens (primary N) is 1. The van der Waals surface area contributed by atoms with Crippen molar-refractivity contribution in [3.8, 4) is 5.75 Å². The van der Waals surface area contributed by atoms with Gasteiger partial charge in [-0.05, 0) is 13.3 Å². The predicted octanol–water partition coefficient (Wildman–Crippen LogP) is 1.26. The zero-order valence-corrected chi connectivity index (χ0v) is 28.7. The molecule has 1 fully saturated rings. The van der Waals surface area contributed by atoms with Crippen LogP contribution < -0.4 is 21.4 Å². The van der Waals surface area contributed by atoms with Crippen molar-refractivity contribution in [2.45, 2.75) is 96.3 Å². The zero-order chi connectivity index (χ0) is 36.3. The van der Waals surface area contributed by atoms with E-state index in [9.17, 15) is 29.1 Å². The van der Waals surface area contributed by atoms with Crippen molar-refractivity contribution in [3.05, 3.63) is 41.0 Å². The van der Waals surface area contributed by atoms with Crippen LogP contribution >= 0.6 is 11.8 Å². The van der Waals surface area contributed by atoms with Crippen molar-refractivity contribution in [3.63, 3.8) is 0 Å². The van der Waals surface area contributed by atoms with E-state index in [1.807, 2.05) is 6.92 Å². The Morgan fingerprint density at radius 1 is 1.18 bits per heavy atom. The molecule has 1 aromatic heterocycles. The summed E-state index contributed by atoms with van der Waals surface area (Å²) in [7, 11) is 0. The summed E-state index contributed by atoms with van der Waals surface area (Å²) in [4.78, 5) is 70.5. The Balaban J connectivity index is 1.78. The summed E-state index contributed by atoms with van der Waals surface area (Å²) in [6.07, 6.45) is -4.32. The van der Waals surface area contributed by atoms with E-state index in [0.29, 0.717) is 12.8 Å². The van der Waals surface area contributed by atoms with Crippen LogP contribution in [0.3, 0.4) is 0 Å². The molecule has 0 aliphatic carbocycles. The van der Waals surface area contributed by atoms with Crippen molar-refractivity contribution in [2.75, 3.05) is 19.0 Å². The quantitative estimate of drug-likeness (QED) is 0.0720. The van der Waals surface area contributed by atoms with Gasteiger partial charge in [-0.15, -0.1) is 11.8 Å². The van der Waals surface area contributed by atoms with Crippen LogP contribution in [-0.2, 0) is 43.0 Å². The van der Waals surface area contributed by atoms with Gasteiger partial charge in [0.05, 0.1) is 18.7 Å². The molecule has 2 aliphatic heterocycles. The third-order valence-corrected chi connectivity index (χ3v) is 8.25. The van der Waals surface area contributed by atoms with Gasteiger partial charge in [0.2, 0.25) is 0 Å². The average molecular weight is 711 g/mol. The first-order valence-corrected chi connectivity index (χ1v) is 16.4. The third kappa shape index (κ3) is 11.1. The van der Waals surface area contributed by atoms with Crippen molar-refractivity contribution >= 4 is 46.3 Å². The Morgan fingerprint density at radius 3 is 2.51 bits per heavy atom. The topological polar surface area (TPSA) is 237 Å². The molecule has 3 heterocycles. The molecule has 7 atom stereocenters. The van der Waals surface area contributed by atoms with Crippen LogP contribution in [0.2, 0.25) is 0 Å². The van der Waals surface area contributed by atoms with E-state index in [1.54, 1.807) is 0 Å². The fourth-order valence-electron chi connectivity index (χ4n) is 4.83. The first-order valence-electron chi connectivity index (χ1n) is 15.4. The van der Waals surface area contributed by atoms with Gasteiger partial charge >= 0.3 is 23.5 Å². The SMILES string of the molecule is C=CCOc1cc([C@@H](CCC)NC(=O)[C@]2(N)CSC(/C(C)=N/O[C@H]3O[C@H](CCOC(C)=O)[C@@H](OC(C)=O)[C@H](OC(C)=O)[C@H]3O)=N2)oc(=O)c1. The molecule has 1 saturated heterocycles.